The van der Waals surface area contributed by atoms with E-state index in [-0.39, 0.29) is 25.0 Å². The van der Waals surface area contributed by atoms with Crippen LogP contribution in [0, 0.1) is 0 Å². The van der Waals surface area contributed by atoms with E-state index in [1.165, 1.54) is 0 Å². The zero-order valence-corrected chi connectivity index (χ0v) is 8.27. The Kier molecular flexibility index (Phi) is 4.06. The number of hydrogen-bond donors (Lipinski definition) is 0. The predicted molar refractivity (Wildman–Crippen MR) is 54.0 cm³/mol. The Hall–Kier alpha value is -0.913. The van der Waals surface area contributed by atoms with Crippen LogP contribution in [0.1, 0.15) is 5.56 Å². The molecule has 0 atom stereocenters. The molecule has 2 rings (SSSR count). The van der Waals surface area contributed by atoms with E-state index >= 15 is 0 Å². The molecule has 1 aromatic rings. The summed E-state index contributed by atoms with van der Waals surface area (Å²) in [4.78, 5) is 12.8. The molecule has 0 saturated carbocycles. The van der Waals surface area contributed by atoms with Gasteiger partial charge in [-0.15, -0.1) is 0 Å². The van der Waals surface area contributed by atoms with E-state index in [0.29, 0.717) is 19.7 Å². The molecule has 0 unspecified atom stereocenters. The van der Waals surface area contributed by atoms with Gasteiger partial charge in [-0.2, -0.15) is 0 Å². The zero-order chi connectivity index (χ0) is 9.10. The number of amides is 1. The van der Waals surface area contributed by atoms with Gasteiger partial charge in [0.2, 0.25) is 0 Å². The first-order valence-corrected chi connectivity index (χ1v) is 4.32. The second-order valence-corrected chi connectivity index (χ2v) is 3.02. The van der Waals surface area contributed by atoms with Crippen molar-refractivity contribution in [3.8, 4) is 0 Å². The van der Waals surface area contributed by atoms with Crippen LogP contribution in [0.2, 0.25) is 0 Å². The second-order valence-electron chi connectivity index (χ2n) is 3.02. The van der Waals surface area contributed by atoms with Gasteiger partial charge in [-0.05, 0) is 5.56 Å². The van der Waals surface area contributed by atoms with E-state index in [0.717, 1.165) is 5.56 Å². The average molecular weight is 184 g/mol. The molecule has 4 heteroatoms. The van der Waals surface area contributed by atoms with Crippen LogP contribution in [0.3, 0.4) is 0 Å². The summed E-state index contributed by atoms with van der Waals surface area (Å²) >= 11 is 0. The number of ether oxygens (including phenoxy) is 1. The SMILES string of the molecule is O=C1OCCN1Cc1ccccc1.[Li]. The molecule has 1 amide bonds. The number of carbonyl (C=O) groups is 1. The summed E-state index contributed by atoms with van der Waals surface area (Å²) in [5.74, 6) is 0. The molecule has 1 fully saturated rings. The summed E-state index contributed by atoms with van der Waals surface area (Å²) < 4.78 is 4.82. The van der Waals surface area contributed by atoms with Crippen LogP contribution in [0.15, 0.2) is 30.3 Å². The van der Waals surface area contributed by atoms with Crippen molar-refractivity contribution < 1.29 is 9.53 Å². The molecule has 1 aliphatic heterocycles. The van der Waals surface area contributed by atoms with E-state index in [2.05, 4.69) is 0 Å². The van der Waals surface area contributed by atoms with Gasteiger partial charge in [0, 0.05) is 25.4 Å². The van der Waals surface area contributed by atoms with Gasteiger partial charge in [-0.3, -0.25) is 0 Å². The Morgan fingerprint density at radius 2 is 2.00 bits per heavy atom. The van der Waals surface area contributed by atoms with Gasteiger partial charge >= 0.3 is 6.09 Å². The molecule has 0 spiro atoms. The fraction of sp³-hybridized carbons (Fsp3) is 0.300. The van der Waals surface area contributed by atoms with Crippen molar-refractivity contribution in [2.75, 3.05) is 13.2 Å². The zero-order valence-electron chi connectivity index (χ0n) is 8.27. The molecule has 69 valence electrons. The quantitative estimate of drug-likeness (QED) is 0.647. The third-order valence-corrected chi connectivity index (χ3v) is 2.06. The maximum atomic E-state index is 11.1. The fourth-order valence-corrected chi connectivity index (χ4v) is 1.37. The Labute approximate surface area is 95.2 Å². The molecular weight excluding hydrogens is 173 g/mol. The van der Waals surface area contributed by atoms with E-state index in [1.54, 1.807) is 4.90 Å². The van der Waals surface area contributed by atoms with Crippen LogP contribution in [-0.2, 0) is 11.3 Å². The van der Waals surface area contributed by atoms with Crippen molar-refractivity contribution in [1.29, 1.82) is 0 Å². The Morgan fingerprint density at radius 3 is 2.57 bits per heavy atom. The molecule has 0 aliphatic carbocycles. The van der Waals surface area contributed by atoms with Crippen molar-refractivity contribution >= 4 is 25.0 Å². The molecule has 1 saturated heterocycles. The number of carbonyl (C=O) groups excluding carboxylic acids is 1. The maximum absolute atomic E-state index is 11.1. The number of hydrogen-bond acceptors (Lipinski definition) is 2. The van der Waals surface area contributed by atoms with E-state index in [1.807, 2.05) is 30.3 Å². The molecular formula is C10H11LiNO2. The number of rotatable bonds is 2. The predicted octanol–water partition coefficient (Wildman–Crippen LogP) is 1.26. The van der Waals surface area contributed by atoms with E-state index in [9.17, 15) is 4.79 Å². The van der Waals surface area contributed by atoms with Crippen LogP contribution >= 0.6 is 0 Å². The summed E-state index contributed by atoms with van der Waals surface area (Å²) in [7, 11) is 0. The van der Waals surface area contributed by atoms with Crippen molar-refractivity contribution in [1.82, 2.24) is 4.90 Å². The summed E-state index contributed by atoms with van der Waals surface area (Å²) in [6, 6.07) is 9.91. The minimum atomic E-state index is -0.205. The van der Waals surface area contributed by atoms with Crippen LogP contribution < -0.4 is 0 Å². The molecule has 14 heavy (non-hydrogen) atoms. The molecule has 0 bridgehead atoms. The van der Waals surface area contributed by atoms with Gasteiger partial charge in [-0.1, -0.05) is 30.3 Å². The molecule has 1 heterocycles. The standard InChI is InChI=1S/C10H11NO2.Li/c12-10-11(6-7-13-10)8-9-4-2-1-3-5-9;/h1-5H,6-8H2;. The van der Waals surface area contributed by atoms with Crippen molar-refractivity contribution in [3.63, 3.8) is 0 Å². The molecule has 1 aliphatic rings. The number of nitrogens with zero attached hydrogens (tertiary/aromatic N) is 1. The topological polar surface area (TPSA) is 29.5 Å². The number of benzene rings is 1. The molecule has 0 N–H and O–H groups in total. The third kappa shape index (κ3) is 2.54. The first-order chi connectivity index (χ1) is 6.36. The minimum absolute atomic E-state index is 0. The summed E-state index contributed by atoms with van der Waals surface area (Å²) in [5, 5.41) is 0. The van der Waals surface area contributed by atoms with Crippen LogP contribution in [0.5, 0.6) is 0 Å². The number of cyclic esters (lactones) is 1. The van der Waals surface area contributed by atoms with Gasteiger partial charge in [0.25, 0.3) is 0 Å². The first kappa shape index (κ1) is 11.2. The van der Waals surface area contributed by atoms with Crippen molar-refractivity contribution in [2.24, 2.45) is 0 Å². The summed E-state index contributed by atoms with van der Waals surface area (Å²) in [6.45, 7) is 1.87. The average Bonchev–Trinajstić information content (AvgIpc) is 2.54. The van der Waals surface area contributed by atoms with Gasteiger partial charge in [-0.25, -0.2) is 4.79 Å². The Balaban J connectivity index is 0.000000980. The largest absolute Gasteiger partial charge is 0.448 e. The Morgan fingerprint density at radius 1 is 1.29 bits per heavy atom. The van der Waals surface area contributed by atoms with Crippen LogP contribution in [-0.4, -0.2) is 43.0 Å². The van der Waals surface area contributed by atoms with Crippen molar-refractivity contribution in [2.45, 2.75) is 6.54 Å². The normalized spacial score (nSPS) is 14.9. The van der Waals surface area contributed by atoms with Crippen LogP contribution in [0.4, 0.5) is 4.79 Å². The van der Waals surface area contributed by atoms with E-state index < -0.39 is 0 Å². The van der Waals surface area contributed by atoms with Crippen molar-refractivity contribution in [3.05, 3.63) is 35.9 Å². The van der Waals surface area contributed by atoms with Crippen LogP contribution in [0.25, 0.3) is 0 Å². The molecule has 1 aromatic carbocycles. The second kappa shape index (κ2) is 5.09. The first-order valence-electron chi connectivity index (χ1n) is 4.32. The van der Waals surface area contributed by atoms with E-state index in [4.69, 9.17) is 4.74 Å². The maximum Gasteiger partial charge on any atom is 0.410 e. The third-order valence-electron chi connectivity index (χ3n) is 2.06. The molecule has 1 radical (unpaired) electrons. The fourth-order valence-electron chi connectivity index (χ4n) is 1.37. The molecule has 3 nitrogen and oxygen atoms in total. The van der Waals surface area contributed by atoms with Gasteiger partial charge in [0.15, 0.2) is 0 Å². The summed E-state index contributed by atoms with van der Waals surface area (Å²) in [5.41, 5.74) is 1.14. The molecule has 0 aromatic heterocycles. The Bertz CT molecular complexity index is 302. The van der Waals surface area contributed by atoms with Gasteiger partial charge < -0.3 is 9.64 Å². The minimum Gasteiger partial charge on any atom is -0.448 e. The smallest absolute Gasteiger partial charge is 0.410 e. The van der Waals surface area contributed by atoms with Gasteiger partial charge in [0.1, 0.15) is 6.61 Å². The summed E-state index contributed by atoms with van der Waals surface area (Å²) in [6.07, 6.45) is -0.205. The van der Waals surface area contributed by atoms with Gasteiger partial charge in [0.05, 0.1) is 6.54 Å². The monoisotopic (exact) mass is 184 g/mol.